The topological polar surface area (TPSA) is 38.7 Å². The normalized spacial score (nSPS) is 10.3. The molecule has 0 saturated heterocycles. The van der Waals surface area contributed by atoms with E-state index < -0.39 is 0 Å². The second-order valence-electron chi connectivity index (χ2n) is 3.92. The molecule has 0 aliphatic rings. The second kappa shape index (κ2) is 6.45. The molecule has 2 aromatic rings. The lowest BCUT2D eigenvalue weighted by molar-refractivity contribution is 0.282. The highest BCUT2D eigenvalue weighted by atomic mass is 35.5. The van der Waals surface area contributed by atoms with E-state index in [4.69, 9.17) is 26.2 Å². The molecule has 0 aliphatic heterocycles. The molecular weight excluding hydrogens is 264 g/mol. The third kappa shape index (κ3) is 3.63. The third-order valence-corrected chi connectivity index (χ3v) is 2.90. The Morgan fingerprint density at radius 2 is 1.79 bits per heavy atom. The largest absolute Gasteiger partial charge is 0.494 e. The first-order valence-electron chi connectivity index (χ1n) is 6.03. The van der Waals surface area contributed by atoms with E-state index in [0.29, 0.717) is 28.7 Å². The fourth-order valence-corrected chi connectivity index (χ4v) is 1.88. The molecule has 100 valence electrons. The van der Waals surface area contributed by atoms with Crippen LogP contribution in [0.15, 0.2) is 42.5 Å². The molecule has 0 spiro atoms. The Bertz CT molecular complexity index is 555. The van der Waals surface area contributed by atoms with Crippen molar-refractivity contribution in [2.75, 3.05) is 6.61 Å². The van der Waals surface area contributed by atoms with Gasteiger partial charge in [0.2, 0.25) is 0 Å². The summed E-state index contributed by atoms with van der Waals surface area (Å²) in [4.78, 5) is 0. The standard InChI is InChI=1S/C15H15ClO3/c1-2-18-12-4-3-5-13(8-12)19-14-7-6-11(10-17)15(16)9-14/h3-9,17H,2,10H2,1H3. The lowest BCUT2D eigenvalue weighted by atomic mass is 10.2. The zero-order valence-electron chi connectivity index (χ0n) is 10.6. The molecular formula is C15H15ClO3. The van der Waals surface area contributed by atoms with Crippen LogP contribution in [0.1, 0.15) is 12.5 Å². The molecule has 0 aliphatic carbocycles. The summed E-state index contributed by atoms with van der Waals surface area (Å²) in [6.07, 6.45) is 0. The molecule has 0 bridgehead atoms. The predicted molar refractivity (Wildman–Crippen MR) is 75.1 cm³/mol. The summed E-state index contributed by atoms with van der Waals surface area (Å²) in [5, 5.41) is 9.54. The van der Waals surface area contributed by atoms with E-state index in [1.54, 1.807) is 18.2 Å². The molecule has 2 aromatic carbocycles. The number of rotatable bonds is 5. The monoisotopic (exact) mass is 278 g/mol. The van der Waals surface area contributed by atoms with Crippen molar-refractivity contribution in [2.45, 2.75) is 13.5 Å². The molecule has 4 heteroatoms. The molecule has 1 N–H and O–H groups in total. The van der Waals surface area contributed by atoms with E-state index >= 15 is 0 Å². The fraction of sp³-hybridized carbons (Fsp3) is 0.200. The number of aliphatic hydroxyl groups excluding tert-OH is 1. The van der Waals surface area contributed by atoms with Crippen LogP contribution in [-0.2, 0) is 6.61 Å². The van der Waals surface area contributed by atoms with Crippen molar-refractivity contribution in [1.82, 2.24) is 0 Å². The Morgan fingerprint density at radius 1 is 1.05 bits per heavy atom. The van der Waals surface area contributed by atoms with Crippen molar-refractivity contribution in [3.63, 3.8) is 0 Å². The van der Waals surface area contributed by atoms with Crippen molar-refractivity contribution < 1.29 is 14.6 Å². The summed E-state index contributed by atoms with van der Waals surface area (Å²) in [6.45, 7) is 2.46. The zero-order chi connectivity index (χ0) is 13.7. The minimum atomic E-state index is -0.0844. The van der Waals surface area contributed by atoms with Gasteiger partial charge in [-0.1, -0.05) is 23.7 Å². The zero-order valence-corrected chi connectivity index (χ0v) is 11.4. The SMILES string of the molecule is CCOc1cccc(Oc2ccc(CO)c(Cl)c2)c1. The first-order valence-corrected chi connectivity index (χ1v) is 6.40. The van der Waals surface area contributed by atoms with Crippen LogP contribution in [-0.4, -0.2) is 11.7 Å². The van der Waals surface area contributed by atoms with Gasteiger partial charge in [-0.25, -0.2) is 0 Å². The number of hydrogen-bond acceptors (Lipinski definition) is 3. The van der Waals surface area contributed by atoms with Gasteiger partial charge in [-0.2, -0.15) is 0 Å². The average molecular weight is 279 g/mol. The lowest BCUT2D eigenvalue weighted by Crippen LogP contribution is -1.92. The van der Waals surface area contributed by atoms with Crippen LogP contribution < -0.4 is 9.47 Å². The maximum Gasteiger partial charge on any atom is 0.131 e. The fourth-order valence-electron chi connectivity index (χ4n) is 1.65. The van der Waals surface area contributed by atoms with Crippen molar-refractivity contribution in [1.29, 1.82) is 0 Å². The Labute approximate surface area is 117 Å². The highest BCUT2D eigenvalue weighted by Gasteiger charge is 2.04. The highest BCUT2D eigenvalue weighted by molar-refractivity contribution is 6.31. The molecule has 0 unspecified atom stereocenters. The van der Waals surface area contributed by atoms with Crippen molar-refractivity contribution in [3.8, 4) is 17.2 Å². The van der Waals surface area contributed by atoms with Gasteiger partial charge in [-0.15, -0.1) is 0 Å². The van der Waals surface area contributed by atoms with E-state index in [2.05, 4.69) is 0 Å². The Balaban J connectivity index is 2.16. The summed E-state index contributed by atoms with van der Waals surface area (Å²) in [5.41, 5.74) is 0.678. The molecule has 0 amide bonds. The number of aliphatic hydroxyl groups is 1. The average Bonchev–Trinajstić information content (AvgIpc) is 2.40. The number of ether oxygens (including phenoxy) is 2. The van der Waals surface area contributed by atoms with Gasteiger partial charge in [0.15, 0.2) is 0 Å². The van der Waals surface area contributed by atoms with Crippen LogP contribution in [0.2, 0.25) is 5.02 Å². The molecule has 19 heavy (non-hydrogen) atoms. The minimum absolute atomic E-state index is 0.0844. The summed E-state index contributed by atoms with van der Waals surface area (Å²) < 4.78 is 11.1. The van der Waals surface area contributed by atoms with Gasteiger partial charge < -0.3 is 14.6 Å². The molecule has 2 rings (SSSR count). The number of hydrogen-bond donors (Lipinski definition) is 1. The Hall–Kier alpha value is -1.71. The van der Waals surface area contributed by atoms with Gasteiger partial charge >= 0.3 is 0 Å². The van der Waals surface area contributed by atoms with E-state index in [0.717, 1.165) is 5.75 Å². The van der Waals surface area contributed by atoms with Gasteiger partial charge in [0, 0.05) is 11.1 Å². The second-order valence-corrected chi connectivity index (χ2v) is 4.33. The van der Waals surface area contributed by atoms with Crippen LogP contribution in [0, 0.1) is 0 Å². The summed E-state index contributed by atoms with van der Waals surface area (Å²) in [7, 11) is 0. The van der Waals surface area contributed by atoms with Gasteiger partial charge in [-0.3, -0.25) is 0 Å². The maximum atomic E-state index is 9.05. The lowest BCUT2D eigenvalue weighted by Gasteiger charge is -2.09. The van der Waals surface area contributed by atoms with E-state index in [1.807, 2.05) is 31.2 Å². The number of halogens is 1. The van der Waals surface area contributed by atoms with E-state index in [9.17, 15) is 0 Å². The van der Waals surface area contributed by atoms with Crippen molar-refractivity contribution in [2.24, 2.45) is 0 Å². The molecule has 0 heterocycles. The quantitative estimate of drug-likeness (QED) is 0.898. The first kappa shape index (κ1) is 13.7. The molecule has 0 atom stereocenters. The van der Waals surface area contributed by atoms with Gasteiger partial charge in [-0.05, 0) is 36.8 Å². The highest BCUT2D eigenvalue weighted by Crippen LogP contribution is 2.28. The maximum absolute atomic E-state index is 9.05. The third-order valence-electron chi connectivity index (χ3n) is 2.55. The molecule has 0 fully saturated rings. The molecule has 0 saturated carbocycles. The predicted octanol–water partition coefficient (Wildman–Crippen LogP) is 4.02. The Morgan fingerprint density at radius 3 is 2.47 bits per heavy atom. The Kier molecular flexibility index (Phi) is 4.66. The van der Waals surface area contributed by atoms with Crippen LogP contribution >= 0.6 is 11.6 Å². The summed E-state index contributed by atoms with van der Waals surface area (Å²) in [5.74, 6) is 2.06. The van der Waals surface area contributed by atoms with Crippen molar-refractivity contribution >= 4 is 11.6 Å². The first-order chi connectivity index (χ1) is 9.22. The van der Waals surface area contributed by atoms with Gasteiger partial charge in [0.05, 0.1) is 13.2 Å². The molecule has 3 nitrogen and oxygen atoms in total. The van der Waals surface area contributed by atoms with Crippen molar-refractivity contribution in [3.05, 3.63) is 53.1 Å². The number of benzene rings is 2. The van der Waals surface area contributed by atoms with E-state index in [1.165, 1.54) is 0 Å². The van der Waals surface area contributed by atoms with Crippen LogP contribution in [0.4, 0.5) is 0 Å². The van der Waals surface area contributed by atoms with Crippen LogP contribution in [0.5, 0.6) is 17.2 Å². The van der Waals surface area contributed by atoms with Crippen LogP contribution in [0.3, 0.4) is 0 Å². The smallest absolute Gasteiger partial charge is 0.131 e. The summed E-state index contributed by atoms with van der Waals surface area (Å²) in [6, 6.07) is 12.6. The minimum Gasteiger partial charge on any atom is -0.494 e. The summed E-state index contributed by atoms with van der Waals surface area (Å²) >= 11 is 6.01. The van der Waals surface area contributed by atoms with Gasteiger partial charge in [0.1, 0.15) is 17.2 Å². The molecule has 0 radical (unpaired) electrons. The molecule has 0 aromatic heterocycles. The van der Waals surface area contributed by atoms with Crippen LogP contribution in [0.25, 0.3) is 0 Å². The van der Waals surface area contributed by atoms with Gasteiger partial charge in [0.25, 0.3) is 0 Å². The van der Waals surface area contributed by atoms with E-state index in [-0.39, 0.29) is 6.61 Å².